The van der Waals surface area contributed by atoms with Crippen molar-refractivity contribution in [3.05, 3.63) is 48.5 Å². The molecule has 0 spiro atoms. The van der Waals surface area contributed by atoms with Crippen LogP contribution in [0.3, 0.4) is 0 Å². The van der Waals surface area contributed by atoms with Crippen molar-refractivity contribution >= 4 is 0 Å². The molecule has 0 bridgehead atoms. The molecule has 0 fully saturated rings. The summed E-state index contributed by atoms with van der Waals surface area (Å²) < 4.78 is 18.1. The van der Waals surface area contributed by atoms with E-state index in [9.17, 15) is 4.39 Å². The quantitative estimate of drug-likeness (QED) is 0.570. The second-order valence-corrected chi connectivity index (χ2v) is 3.93. The molecule has 1 aromatic carbocycles. The van der Waals surface area contributed by atoms with Crippen molar-refractivity contribution in [3.63, 3.8) is 0 Å². The normalized spacial score (nSPS) is 9.25. The Hall–Kier alpha value is -2.80. The lowest BCUT2D eigenvalue weighted by molar-refractivity contribution is 0.334. The van der Waals surface area contributed by atoms with E-state index in [1.807, 2.05) is 27.7 Å². The minimum atomic E-state index is -0.605. The lowest BCUT2D eigenvalue weighted by atomic mass is 10.2. The first-order valence-electron chi connectivity index (χ1n) is 7.69. The predicted molar refractivity (Wildman–Crippen MR) is 90.4 cm³/mol. The summed E-state index contributed by atoms with van der Waals surface area (Å²) in [4.78, 5) is 12.3. The Labute approximate surface area is 140 Å². The topological polar surface area (TPSA) is 87.1 Å². The molecule has 0 saturated carbocycles. The van der Waals surface area contributed by atoms with Crippen LogP contribution in [0.2, 0.25) is 0 Å². The average Bonchev–Trinajstić information content (AvgIpc) is 3.15. The summed E-state index contributed by atoms with van der Waals surface area (Å²) in [7, 11) is 0. The van der Waals surface area contributed by atoms with E-state index in [4.69, 9.17) is 10.4 Å². The molecule has 0 aliphatic rings. The second-order valence-electron chi connectivity index (χ2n) is 3.93. The van der Waals surface area contributed by atoms with Crippen LogP contribution in [0.25, 0.3) is 22.8 Å². The van der Waals surface area contributed by atoms with E-state index < -0.39 is 5.95 Å². The molecule has 3 rings (SSSR count). The highest BCUT2D eigenvalue weighted by atomic mass is 19.1. The van der Waals surface area contributed by atoms with Crippen molar-refractivity contribution < 1.29 is 13.8 Å². The molecule has 6 nitrogen and oxygen atoms in total. The zero-order chi connectivity index (χ0) is 17.9. The van der Waals surface area contributed by atoms with Gasteiger partial charge < -0.3 is 9.36 Å². The monoisotopic (exact) mass is 332 g/mol. The minimum Gasteiger partial charge on any atom is -0.412 e. The van der Waals surface area contributed by atoms with Crippen LogP contribution in [0.4, 0.5) is 4.39 Å². The smallest absolute Gasteiger partial charge is 0.258 e. The zero-order valence-electron chi connectivity index (χ0n) is 14.2. The molecule has 0 aliphatic carbocycles. The summed E-state index contributed by atoms with van der Waals surface area (Å²) in [6, 6.07) is 9.65. The number of aromatic nitrogens is 3. The largest absolute Gasteiger partial charge is 0.412 e. The molecular weight excluding hydrogens is 311 g/mol. The van der Waals surface area contributed by atoms with Crippen LogP contribution in [0.5, 0.6) is 5.75 Å². The summed E-state index contributed by atoms with van der Waals surface area (Å²) in [5.74, 6) is 5.57. The highest BCUT2D eigenvalue weighted by molar-refractivity contribution is 5.60. The van der Waals surface area contributed by atoms with Gasteiger partial charge in [0.25, 0.3) is 5.89 Å². The van der Waals surface area contributed by atoms with Crippen LogP contribution in [-0.4, -0.2) is 15.1 Å². The number of benzene rings is 1. The van der Waals surface area contributed by atoms with Crippen molar-refractivity contribution in [3.8, 4) is 28.6 Å². The van der Waals surface area contributed by atoms with E-state index in [0.717, 1.165) is 5.56 Å². The third-order valence-electron chi connectivity index (χ3n) is 2.65. The molecule has 0 radical (unpaired) electrons. The van der Waals surface area contributed by atoms with Crippen LogP contribution >= 0.6 is 0 Å². The maximum atomic E-state index is 13.0. The van der Waals surface area contributed by atoms with Gasteiger partial charge in [0.1, 0.15) is 5.75 Å². The Kier molecular flexibility index (Phi) is 8.07. The predicted octanol–water partition coefficient (Wildman–Crippen LogP) is 4.24. The standard InChI is InChI=1S/C13H9FN4O2.2C2H6/c14-11-7-9(5-6-16-11)13-17-12(18-20-13)8-1-3-10(19-15)4-2-8;2*1-2/h1-7H,15H2;2*1-2H3. The average molecular weight is 332 g/mol. The fourth-order valence-electron chi connectivity index (χ4n) is 1.68. The second kappa shape index (κ2) is 10.1. The molecule has 3 aromatic rings. The summed E-state index contributed by atoms with van der Waals surface area (Å²) >= 11 is 0. The zero-order valence-corrected chi connectivity index (χ0v) is 14.2. The third-order valence-corrected chi connectivity index (χ3v) is 2.65. The summed E-state index contributed by atoms with van der Waals surface area (Å²) in [5, 5.41) is 3.85. The van der Waals surface area contributed by atoms with Crippen molar-refractivity contribution in [1.82, 2.24) is 15.1 Å². The van der Waals surface area contributed by atoms with E-state index in [1.54, 1.807) is 30.3 Å². The van der Waals surface area contributed by atoms with E-state index in [2.05, 4.69) is 20.0 Å². The molecule has 0 saturated heterocycles. The number of halogens is 1. The van der Waals surface area contributed by atoms with Gasteiger partial charge in [0.15, 0.2) is 0 Å². The van der Waals surface area contributed by atoms with Gasteiger partial charge in [0, 0.05) is 23.4 Å². The lowest BCUT2D eigenvalue weighted by Gasteiger charge is -1.98. The van der Waals surface area contributed by atoms with Crippen LogP contribution in [0.1, 0.15) is 27.7 Å². The molecular formula is C17H21FN4O2. The number of nitrogens with two attached hydrogens (primary N) is 1. The number of rotatable bonds is 3. The van der Waals surface area contributed by atoms with Crippen LogP contribution in [0.15, 0.2) is 47.1 Å². The van der Waals surface area contributed by atoms with Gasteiger partial charge in [-0.15, -0.1) is 0 Å². The maximum Gasteiger partial charge on any atom is 0.258 e. The van der Waals surface area contributed by atoms with E-state index in [0.29, 0.717) is 17.1 Å². The number of nitrogens with zero attached hydrogens (tertiary/aromatic N) is 3. The summed E-state index contributed by atoms with van der Waals surface area (Å²) in [6.45, 7) is 8.00. The van der Waals surface area contributed by atoms with Crippen molar-refractivity contribution in [2.75, 3.05) is 0 Å². The lowest BCUT2D eigenvalue weighted by Crippen LogP contribution is -2.01. The molecule has 2 heterocycles. The van der Waals surface area contributed by atoms with Gasteiger partial charge >= 0.3 is 0 Å². The fraction of sp³-hybridized carbons (Fsp3) is 0.235. The van der Waals surface area contributed by atoms with E-state index in [1.165, 1.54) is 12.3 Å². The summed E-state index contributed by atoms with van der Waals surface area (Å²) in [5.41, 5.74) is 1.20. The molecule has 2 N–H and O–H groups in total. The van der Waals surface area contributed by atoms with Gasteiger partial charge in [-0.05, 0) is 30.3 Å². The molecule has 24 heavy (non-hydrogen) atoms. The number of pyridine rings is 1. The minimum absolute atomic E-state index is 0.223. The Morgan fingerprint density at radius 3 is 2.25 bits per heavy atom. The Bertz CT molecular complexity index is 729. The fourth-order valence-corrected chi connectivity index (χ4v) is 1.68. The Morgan fingerprint density at radius 2 is 1.67 bits per heavy atom. The van der Waals surface area contributed by atoms with Crippen LogP contribution < -0.4 is 10.7 Å². The van der Waals surface area contributed by atoms with Crippen molar-refractivity contribution in [2.45, 2.75) is 27.7 Å². The van der Waals surface area contributed by atoms with Crippen LogP contribution in [0, 0.1) is 5.95 Å². The van der Waals surface area contributed by atoms with Gasteiger partial charge in [-0.3, -0.25) is 0 Å². The molecule has 0 atom stereocenters. The maximum absolute atomic E-state index is 13.0. The molecule has 7 heteroatoms. The van der Waals surface area contributed by atoms with Gasteiger partial charge in [0.2, 0.25) is 11.8 Å². The summed E-state index contributed by atoms with van der Waals surface area (Å²) in [6.07, 6.45) is 1.34. The van der Waals surface area contributed by atoms with Crippen molar-refractivity contribution in [2.24, 2.45) is 5.90 Å². The number of hydrogen-bond donors (Lipinski definition) is 1. The first kappa shape index (κ1) is 19.2. The molecule has 0 unspecified atom stereocenters. The Balaban J connectivity index is 0.000000671. The van der Waals surface area contributed by atoms with Gasteiger partial charge in [-0.2, -0.15) is 15.3 Å². The highest BCUT2D eigenvalue weighted by Crippen LogP contribution is 2.23. The molecule has 0 amide bonds. The molecule has 0 aliphatic heterocycles. The molecule has 2 aromatic heterocycles. The highest BCUT2D eigenvalue weighted by Gasteiger charge is 2.11. The van der Waals surface area contributed by atoms with E-state index >= 15 is 0 Å². The van der Waals surface area contributed by atoms with Crippen molar-refractivity contribution in [1.29, 1.82) is 0 Å². The Morgan fingerprint density at radius 1 is 1.00 bits per heavy atom. The molecule has 128 valence electrons. The first-order chi connectivity index (χ1) is 11.8. The number of hydrogen-bond acceptors (Lipinski definition) is 6. The third kappa shape index (κ3) is 4.85. The van der Waals surface area contributed by atoms with Gasteiger partial charge in [-0.25, -0.2) is 4.98 Å². The van der Waals surface area contributed by atoms with Crippen LogP contribution in [-0.2, 0) is 0 Å². The van der Waals surface area contributed by atoms with Gasteiger partial charge in [-0.1, -0.05) is 32.9 Å². The SMILES string of the molecule is CC.CC.NOc1ccc(-c2noc(-c3ccnc(F)c3)n2)cc1. The van der Waals surface area contributed by atoms with E-state index in [-0.39, 0.29) is 5.89 Å². The van der Waals surface area contributed by atoms with Gasteiger partial charge in [0.05, 0.1) is 0 Å². The first-order valence-corrected chi connectivity index (χ1v) is 7.69.